The summed E-state index contributed by atoms with van der Waals surface area (Å²) in [6, 6.07) is 81.2. The van der Waals surface area contributed by atoms with Crippen molar-refractivity contribution in [3.05, 3.63) is 247 Å². The lowest BCUT2D eigenvalue weighted by atomic mass is 9.67. The van der Waals surface area contributed by atoms with Crippen molar-refractivity contribution in [2.75, 3.05) is 0 Å². The standard InChI is InChI=1S/C54H37N/c1-5-17-38(18-6-1)45-36-52(39-19-7-2-8-20-39)55-53(37-45)44-24-16-23-42(34-44)40-21-15-22-41(33-40)43-31-32-49-48-29-13-14-30-50(48)54(51(49)35-43,46-25-9-3-10-26-46)47-27-11-4-12-28-47/h1-37H. The predicted molar refractivity (Wildman–Crippen MR) is 229 cm³/mol. The molecule has 0 spiro atoms. The van der Waals surface area contributed by atoms with E-state index in [9.17, 15) is 0 Å². The van der Waals surface area contributed by atoms with Crippen LogP contribution in [0.1, 0.15) is 22.3 Å². The van der Waals surface area contributed by atoms with E-state index in [0.717, 1.165) is 33.6 Å². The second-order valence-electron chi connectivity index (χ2n) is 14.3. The van der Waals surface area contributed by atoms with Crippen LogP contribution in [0.15, 0.2) is 224 Å². The maximum atomic E-state index is 5.21. The Morgan fingerprint density at radius 3 is 1.31 bits per heavy atom. The Morgan fingerprint density at radius 1 is 0.255 bits per heavy atom. The van der Waals surface area contributed by atoms with E-state index >= 15 is 0 Å². The van der Waals surface area contributed by atoms with E-state index in [1.54, 1.807) is 0 Å². The van der Waals surface area contributed by atoms with Crippen LogP contribution in [-0.4, -0.2) is 4.98 Å². The van der Waals surface area contributed by atoms with Crippen LogP contribution in [0.2, 0.25) is 0 Å². The topological polar surface area (TPSA) is 12.9 Å². The Labute approximate surface area is 322 Å². The van der Waals surface area contributed by atoms with Crippen molar-refractivity contribution in [1.82, 2.24) is 4.98 Å². The average molecular weight is 700 g/mol. The molecule has 1 aliphatic carbocycles. The minimum Gasteiger partial charge on any atom is -0.248 e. The number of aromatic nitrogens is 1. The molecule has 0 fully saturated rings. The Kier molecular flexibility index (Phi) is 8.12. The maximum absolute atomic E-state index is 5.21. The van der Waals surface area contributed by atoms with Gasteiger partial charge in [-0.3, -0.25) is 0 Å². The van der Waals surface area contributed by atoms with E-state index in [2.05, 4.69) is 218 Å². The summed E-state index contributed by atoms with van der Waals surface area (Å²) < 4.78 is 0. The number of benzene rings is 8. The molecular weight excluding hydrogens is 663 g/mol. The summed E-state index contributed by atoms with van der Waals surface area (Å²) in [5.74, 6) is 0. The van der Waals surface area contributed by atoms with Gasteiger partial charge in [-0.25, -0.2) is 4.98 Å². The second kappa shape index (κ2) is 13.7. The molecule has 0 radical (unpaired) electrons. The molecule has 10 rings (SSSR count). The number of rotatable bonds is 7. The molecular formula is C54H37N. The molecule has 0 unspecified atom stereocenters. The van der Waals surface area contributed by atoms with Gasteiger partial charge in [-0.2, -0.15) is 0 Å². The molecule has 0 saturated carbocycles. The minimum absolute atomic E-state index is 0.434. The monoisotopic (exact) mass is 699 g/mol. The van der Waals surface area contributed by atoms with Gasteiger partial charge in [0.15, 0.2) is 0 Å². The maximum Gasteiger partial charge on any atom is 0.0715 e. The summed E-state index contributed by atoms with van der Waals surface area (Å²) in [6.07, 6.45) is 0. The molecule has 1 heterocycles. The Balaban J connectivity index is 1.08. The van der Waals surface area contributed by atoms with Crippen LogP contribution < -0.4 is 0 Å². The zero-order valence-corrected chi connectivity index (χ0v) is 30.3. The fraction of sp³-hybridized carbons (Fsp3) is 0.0185. The van der Waals surface area contributed by atoms with Gasteiger partial charge in [0.1, 0.15) is 0 Å². The first-order chi connectivity index (χ1) is 27.3. The van der Waals surface area contributed by atoms with Gasteiger partial charge in [0.2, 0.25) is 0 Å². The highest BCUT2D eigenvalue weighted by atomic mass is 14.7. The quantitative estimate of drug-likeness (QED) is 0.161. The average Bonchev–Trinajstić information content (AvgIpc) is 3.58. The van der Waals surface area contributed by atoms with Gasteiger partial charge in [-0.15, -0.1) is 0 Å². The molecule has 0 saturated heterocycles. The van der Waals surface area contributed by atoms with Crippen LogP contribution in [0, 0.1) is 0 Å². The first-order valence-corrected chi connectivity index (χ1v) is 19.0. The summed E-state index contributed by atoms with van der Waals surface area (Å²) in [7, 11) is 0. The van der Waals surface area contributed by atoms with Crippen molar-refractivity contribution < 1.29 is 0 Å². The van der Waals surface area contributed by atoms with Gasteiger partial charge >= 0.3 is 0 Å². The highest BCUT2D eigenvalue weighted by molar-refractivity contribution is 5.89. The zero-order chi connectivity index (χ0) is 36.6. The summed E-state index contributed by atoms with van der Waals surface area (Å²) in [5, 5.41) is 0. The van der Waals surface area contributed by atoms with Gasteiger partial charge in [0, 0.05) is 11.1 Å². The van der Waals surface area contributed by atoms with Crippen molar-refractivity contribution in [3.63, 3.8) is 0 Å². The molecule has 258 valence electrons. The Morgan fingerprint density at radius 2 is 0.691 bits per heavy atom. The number of pyridine rings is 1. The van der Waals surface area contributed by atoms with Crippen molar-refractivity contribution in [3.8, 4) is 67.0 Å². The Bertz CT molecular complexity index is 2690. The first kappa shape index (κ1) is 32.6. The highest BCUT2D eigenvalue weighted by Crippen LogP contribution is 2.56. The molecule has 8 aromatic carbocycles. The lowest BCUT2D eigenvalue weighted by Gasteiger charge is -2.34. The van der Waals surface area contributed by atoms with Crippen LogP contribution in [0.4, 0.5) is 0 Å². The molecule has 1 aromatic heterocycles. The molecule has 0 bridgehead atoms. The van der Waals surface area contributed by atoms with Crippen LogP contribution in [-0.2, 0) is 5.41 Å². The van der Waals surface area contributed by atoms with Gasteiger partial charge in [0.05, 0.1) is 16.8 Å². The lowest BCUT2D eigenvalue weighted by Crippen LogP contribution is -2.28. The molecule has 1 nitrogen and oxygen atoms in total. The number of fused-ring (bicyclic) bond motifs is 3. The molecule has 0 N–H and O–H groups in total. The molecule has 0 aliphatic heterocycles. The van der Waals surface area contributed by atoms with Crippen molar-refractivity contribution in [2.45, 2.75) is 5.41 Å². The van der Waals surface area contributed by atoms with Gasteiger partial charge in [-0.05, 0) is 97.1 Å². The minimum atomic E-state index is -0.434. The predicted octanol–water partition coefficient (Wildman–Crippen LogP) is 13.8. The SMILES string of the molecule is c1ccc(-c2cc(-c3ccccc3)nc(-c3cccc(-c4cccc(-c5ccc6c(c5)C(c5ccccc5)(c5ccccc5)c5ccccc5-6)c4)c3)c2)cc1. The van der Waals surface area contributed by atoms with Crippen molar-refractivity contribution in [1.29, 1.82) is 0 Å². The van der Waals surface area contributed by atoms with E-state index in [0.29, 0.717) is 0 Å². The zero-order valence-electron chi connectivity index (χ0n) is 30.3. The van der Waals surface area contributed by atoms with E-state index in [-0.39, 0.29) is 0 Å². The largest absolute Gasteiger partial charge is 0.248 e. The van der Waals surface area contributed by atoms with Crippen molar-refractivity contribution in [2.24, 2.45) is 0 Å². The molecule has 1 heteroatoms. The molecule has 9 aromatic rings. The fourth-order valence-electron chi connectivity index (χ4n) is 8.59. The normalized spacial score (nSPS) is 12.5. The number of hydrogen-bond acceptors (Lipinski definition) is 1. The van der Waals surface area contributed by atoms with Crippen LogP contribution >= 0.6 is 0 Å². The van der Waals surface area contributed by atoms with Crippen LogP contribution in [0.5, 0.6) is 0 Å². The van der Waals surface area contributed by atoms with Crippen LogP contribution in [0.3, 0.4) is 0 Å². The third-order valence-electron chi connectivity index (χ3n) is 11.1. The van der Waals surface area contributed by atoms with Gasteiger partial charge in [-0.1, -0.05) is 194 Å². The third kappa shape index (κ3) is 5.69. The van der Waals surface area contributed by atoms with Gasteiger partial charge in [0.25, 0.3) is 0 Å². The lowest BCUT2D eigenvalue weighted by molar-refractivity contribution is 0.769. The molecule has 55 heavy (non-hydrogen) atoms. The summed E-state index contributed by atoms with van der Waals surface area (Å²) in [6.45, 7) is 0. The summed E-state index contributed by atoms with van der Waals surface area (Å²) >= 11 is 0. The van der Waals surface area contributed by atoms with E-state index < -0.39 is 5.41 Å². The van der Waals surface area contributed by atoms with Crippen molar-refractivity contribution >= 4 is 0 Å². The molecule has 1 aliphatic rings. The first-order valence-electron chi connectivity index (χ1n) is 19.0. The van der Waals surface area contributed by atoms with Gasteiger partial charge < -0.3 is 0 Å². The smallest absolute Gasteiger partial charge is 0.0715 e. The van der Waals surface area contributed by atoms with E-state index in [4.69, 9.17) is 4.98 Å². The summed E-state index contributed by atoms with van der Waals surface area (Å²) in [4.78, 5) is 5.21. The van der Waals surface area contributed by atoms with E-state index in [1.807, 2.05) is 6.07 Å². The van der Waals surface area contributed by atoms with E-state index in [1.165, 1.54) is 55.6 Å². The Hall–Kier alpha value is -7.09. The van der Waals surface area contributed by atoms with Crippen LogP contribution in [0.25, 0.3) is 67.0 Å². The highest BCUT2D eigenvalue weighted by Gasteiger charge is 2.46. The fourth-order valence-corrected chi connectivity index (χ4v) is 8.59. The molecule has 0 amide bonds. The number of nitrogens with zero attached hydrogens (tertiary/aromatic N) is 1. The third-order valence-corrected chi connectivity index (χ3v) is 11.1. The molecule has 0 atom stereocenters. The number of hydrogen-bond donors (Lipinski definition) is 0. The summed E-state index contributed by atoms with van der Waals surface area (Å²) in [5.41, 5.74) is 18.5. The second-order valence-corrected chi connectivity index (χ2v) is 14.3.